The van der Waals surface area contributed by atoms with E-state index >= 15 is 0 Å². The van der Waals surface area contributed by atoms with Crippen molar-refractivity contribution in [2.75, 3.05) is 18.9 Å². The average molecular weight is 336 g/mol. The van der Waals surface area contributed by atoms with Gasteiger partial charge >= 0.3 is 0 Å². The highest BCUT2D eigenvalue weighted by Crippen LogP contribution is 2.19. The lowest BCUT2D eigenvalue weighted by Gasteiger charge is -2.23. The van der Waals surface area contributed by atoms with Crippen LogP contribution in [0.1, 0.15) is 17.0 Å². The molecule has 2 aromatic rings. The number of likely N-dealkylation sites (N-methyl/N-ethyl adjacent to an activating group) is 1. The average Bonchev–Trinajstić information content (AvgIpc) is 2.45. The van der Waals surface area contributed by atoms with E-state index < -0.39 is 0 Å². The fourth-order valence-electron chi connectivity index (χ4n) is 2.36. The highest BCUT2D eigenvalue weighted by atomic mass is 79.9. The fourth-order valence-corrected chi connectivity index (χ4v) is 2.93. The summed E-state index contributed by atoms with van der Waals surface area (Å²) in [6.07, 6.45) is 0. The number of hydrogen-bond acceptors (Lipinski definition) is 1. The number of alkyl halides is 1. The summed E-state index contributed by atoms with van der Waals surface area (Å²) in [5.74, 6) is 0.269. The lowest BCUT2D eigenvalue weighted by atomic mass is 10.0. The second-order valence-electron chi connectivity index (χ2n) is 5.09. The molecule has 0 N–H and O–H groups in total. The first kappa shape index (κ1) is 15.2. The van der Waals surface area contributed by atoms with Crippen LogP contribution >= 0.6 is 15.9 Å². The molecule has 3 heteroatoms. The van der Waals surface area contributed by atoms with E-state index in [4.69, 9.17) is 0 Å². The zero-order valence-electron chi connectivity index (χ0n) is 11.6. The molecule has 0 aromatic heterocycles. The van der Waals surface area contributed by atoms with Gasteiger partial charge in [-0.15, -0.1) is 0 Å². The molecule has 0 saturated heterocycles. The van der Waals surface area contributed by atoms with Gasteiger partial charge in [0.1, 0.15) is 5.82 Å². The Kier molecular flexibility index (Phi) is 5.74. The number of rotatable bonds is 6. The molecule has 0 heterocycles. The Morgan fingerprint density at radius 1 is 1.10 bits per heavy atom. The van der Waals surface area contributed by atoms with Crippen LogP contribution in [-0.4, -0.2) is 23.8 Å². The number of hydrogen-bond donors (Lipinski definition) is 0. The third-order valence-electron chi connectivity index (χ3n) is 3.33. The summed E-state index contributed by atoms with van der Waals surface area (Å²) in [5, 5.41) is 0.921. The molecule has 0 bridgehead atoms. The summed E-state index contributed by atoms with van der Waals surface area (Å²) in [4.78, 5) is 2.23. The smallest absolute Gasteiger partial charge is 0.123 e. The summed E-state index contributed by atoms with van der Waals surface area (Å²) >= 11 is 3.59. The van der Waals surface area contributed by atoms with Crippen LogP contribution in [0.15, 0.2) is 54.6 Å². The quantitative estimate of drug-likeness (QED) is 0.705. The molecule has 1 unspecified atom stereocenters. The van der Waals surface area contributed by atoms with Crippen LogP contribution in [0.25, 0.3) is 0 Å². The van der Waals surface area contributed by atoms with Gasteiger partial charge in [0, 0.05) is 24.3 Å². The van der Waals surface area contributed by atoms with Crippen molar-refractivity contribution in [3.63, 3.8) is 0 Å². The first-order chi connectivity index (χ1) is 9.69. The maximum absolute atomic E-state index is 13.2. The molecule has 106 valence electrons. The maximum atomic E-state index is 13.2. The Balaban J connectivity index is 1.97. The number of nitrogens with zero attached hydrogens (tertiary/aromatic N) is 1. The number of halogens is 2. The molecule has 0 aliphatic rings. The minimum atomic E-state index is -0.170. The standard InChI is InChI=1S/C17H19BrFN/c1-20(12-14-6-5-9-17(19)10-14)13-16(11-18)15-7-3-2-4-8-15/h2-10,16H,11-13H2,1H3. The van der Waals surface area contributed by atoms with Gasteiger partial charge in [-0.05, 0) is 30.3 Å². The summed E-state index contributed by atoms with van der Waals surface area (Å²) in [5.41, 5.74) is 2.34. The second-order valence-corrected chi connectivity index (χ2v) is 5.74. The SMILES string of the molecule is CN(Cc1cccc(F)c1)CC(CBr)c1ccccc1. The minimum Gasteiger partial charge on any atom is -0.301 e. The van der Waals surface area contributed by atoms with E-state index in [-0.39, 0.29) is 5.82 Å². The molecule has 0 spiro atoms. The summed E-state index contributed by atoms with van der Waals surface area (Å²) in [6.45, 7) is 1.69. The molecule has 0 saturated carbocycles. The van der Waals surface area contributed by atoms with Crippen molar-refractivity contribution in [1.82, 2.24) is 4.90 Å². The van der Waals surface area contributed by atoms with Crippen molar-refractivity contribution < 1.29 is 4.39 Å². The Morgan fingerprint density at radius 2 is 1.85 bits per heavy atom. The van der Waals surface area contributed by atoms with Gasteiger partial charge in [-0.1, -0.05) is 58.4 Å². The number of benzene rings is 2. The second kappa shape index (κ2) is 7.55. The predicted molar refractivity (Wildman–Crippen MR) is 85.7 cm³/mol. The zero-order chi connectivity index (χ0) is 14.4. The Morgan fingerprint density at radius 3 is 2.50 bits per heavy atom. The lowest BCUT2D eigenvalue weighted by molar-refractivity contribution is 0.311. The van der Waals surface area contributed by atoms with Crippen molar-refractivity contribution >= 4 is 15.9 Å². The topological polar surface area (TPSA) is 3.24 Å². The molecular weight excluding hydrogens is 317 g/mol. The largest absolute Gasteiger partial charge is 0.301 e. The van der Waals surface area contributed by atoms with Crippen LogP contribution in [0.2, 0.25) is 0 Å². The molecule has 1 atom stereocenters. The van der Waals surface area contributed by atoms with Crippen LogP contribution in [0.3, 0.4) is 0 Å². The normalized spacial score (nSPS) is 12.6. The summed E-state index contributed by atoms with van der Waals surface area (Å²) in [7, 11) is 2.07. The third-order valence-corrected chi connectivity index (χ3v) is 4.11. The highest BCUT2D eigenvalue weighted by Gasteiger charge is 2.13. The van der Waals surface area contributed by atoms with Gasteiger partial charge in [0.2, 0.25) is 0 Å². The molecule has 0 aliphatic carbocycles. The van der Waals surface area contributed by atoms with Gasteiger partial charge in [-0.2, -0.15) is 0 Å². The van der Waals surface area contributed by atoms with Crippen LogP contribution < -0.4 is 0 Å². The van der Waals surface area contributed by atoms with Crippen LogP contribution in [0.5, 0.6) is 0 Å². The predicted octanol–water partition coefficient (Wildman–Crippen LogP) is 4.44. The molecule has 0 radical (unpaired) electrons. The monoisotopic (exact) mass is 335 g/mol. The van der Waals surface area contributed by atoms with E-state index in [1.165, 1.54) is 11.6 Å². The van der Waals surface area contributed by atoms with Gasteiger partial charge in [0.25, 0.3) is 0 Å². The van der Waals surface area contributed by atoms with Gasteiger partial charge in [-0.3, -0.25) is 0 Å². The Hall–Kier alpha value is -1.19. The molecule has 20 heavy (non-hydrogen) atoms. The Bertz CT molecular complexity index is 530. The zero-order valence-corrected chi connectivity index (χ0v) is 13.2. The van der Waals surface area contributed by atoms with Crippen LogP contribution in [0, 0.1) is 5.82 Å². The third kappa shape index (κ3) is 4.43. The minimum absolute atomic E-state index is 0.170. The van der Waals surface area contributed by atoms with Gasteiger partial charge in [-0.25, -0.2) is 4.39 Å². The van der Waals surface area contributed by atoms with E-state index in [1.54, 1.807) is 12.1 Å². The van der Waals surface area contributed by atoms with Crippen molar-refractivity contribution in [2.45, 2.75) is 12.5 Å². The molecule has 0 amide bonds. The fraction of sp³-hybridized carbons (Fsp3) is 0.294. The molecular formula is C17H19BrFN. The van der Waals surface area contributed by atoms with E-state index in [1.807, 2.05) is 12.1 Å². The molecule has 2 rings (SSSR count). The van der Waals surface area contributed by atoms with Crippen molar-refractivity contribution in [1.29, 1.82) is 0 Å². The summed E-state index contributed by atoms with van der Waals surface area (Å²) in [6, 6.07) is 17.3. The van der Waals surface area contributed by atoms with E-state index in [0.29, 0.717) is 5.92 Å². The van der Waals surface area contributed by atoms with Crippen molar-refractivity contribution in [3.8, 4) is 0 Å². The van der Waals surface area contributed by atoms with Crippen molar-refractivity contribution in [3.05, 3.63) is 71.5 Å². The lowest BCUT2D eigenvalue weighted by Crippen LogP contribution is -2.25. The van der Waals surface area contributed by atoms with Crippen LogP contribution in [0.4, 0.5) is 4.39 Å². The first-order valence-corrected chi connectivity index (χ1v) is 7.85. The van der Waals surface area contributed by atoms with Gasteiger partial charge < -0.3 is 4.90 Å². The molecule has 0 aliphatic heterocycles. The van der Waals surface area contributed by atoms with Gasteiger partial charge in [0.15, 0.2) is 0 Å². The first-order valence-electron chi connectivity index (χ1n) is 6.73. The Labute approximate surface area is 128 Å². The highest BCUT2D eigenvalue weighted by molar-refractivity contribution is 9.09. The molecule has 0 fully saturated rings. The van der Waals surface area contributed by atoms with Gasteiger partial charge in [0.05, 0.1) is 0 Å². The maximum Gasteiger partial charge on any atom is 0.123 e. The van der Waals surface area contributed by atoms with Crippen molar-refractivity contribution in [2.24, 2.45) is 0 Å². The van der Waals surface area contributed by atoms with E-state index in [2.05, 4.69) is 52.1 Å². The van der Waals surface area contributed by atoms with E-state index in [0.717, 1.165) is 24.0 Å². The van der Waals surface area contributed by atoms with E-state index in [9.17, 15) is 4.39 Å². The molecule has 1 nitrogen and oxygen atoms in total. The molecule has 2 aromatic carbocycles. The van der Waals surface area contributed by atoms with Crippen LogP contribution in [-0.2, 0) is 6.54 Å². The summed E-state index contributed by atoms with van der Waals surface area (Å²) < 4.78 is 13.2.